The van der Waals surface area contributed by atoms with E-state index < -0.39 is 0 Å². The van der Waals surface area contributed by atoms with Crippen molar-refractivity contribution in [3.05, 3.63) is 47.7 Å². The molecule has 1 saturated carbocycles. The number of hydrogen-bond donors (Lipinski definition) is 1. The Balaban J connectivity index is 1.99. The van der Waals surface area contributed by atoms with Crippen molar-refractivity contribution < 1.29 is 4.74 Å². The van der Waals surface area contributed by atoms with Gasteiger partial charge < -0.3 is 10.1 Å². The molecule has 0 bridgehead atoms. The smallest absolute Gasteiger partial charge is 0.0876 e. The summed E-state index contributed by atoms with van der Waals surface area (Å²) in [7, 11) is 2.11. The molecule has 0 aromatic heterocycles. The van der Waals surface area contributed by atoms with E-state index in [1.807, 2.05) is 6.26 Å². The lowest BCUT2D eigenvalue weighted by Crippen LogP contribution is -2.50. The van der Waals surface area contributed by atoms with E-state index in [-0.39, 0.29) is 5.41 Å². The van der Waals surface area contributed by atoms with E-state index in [9.17, 15) is 0 Å². The van der Waals surface area contributed by atoms with Crippen LogP contribution in [0.5, 0.6) is 0 Å². The summed E-state index contributed by atoms with van der Waals surface area (Å²) in [6, 6.07) is 11.5. The Hall–Kier alpha value is -1.28. The van der Waals surface area contributed by atoms with E-state index in [1.54, 1.807) is 0 Å². The van der Waals surface area contributed by atoms with Crippen LogP contribution in [0.4, 0.5) is 0 Å². The monoisotopic (exact) mass is 285 g/mol. The minimum Gasteiger partial charge on any atom is -0.501 e. The highest BCUT2D eigenvalue weighted by Crippen LogP contribution is 2.45. The topological polar surface area (TPSA) is 21.3 Å². The van der Waals surface area contributed by atoms with Crippen LogP contribution in [0.15, 0.2) is 42.2 Å². The van der Waals surface area contributed by atoms with Crippen LogP contribution in [0.25, 0.3) is 0 Å². The van der Waals surface area contributed by atoms with Crippen LogP contribution in [-0.2, 0) is 10.2 Å². The van der Waals surface area contributed by atoms with Crippen molar-refractivity contribution in [1.29, 1.82) is 0 Å². The molecule has 2 aliphatic rings. The van der Waals surface area contributed by atoms with Gasteiger partial charge in [-0.2, -0.15) is 0 Å². The summed E-state index contributed by atoms with van der Waals surface area (Å²) >= 11 is 0. The van der Waals surface area contributed by atoms with E-state index in [4.69, 9.17) is 4.74 Å². The highest BCUT2D eigenvalue weighted by molar-refractivity contribution is 5.33. The summed E-state index contributed by atoms with van der Waals surface area (Å²) in [6.07, 6.45) is 10.9. The molecule has 1 heterocycles. The summed E-state index contributed by atoms with van der Waals surface area (Å²) in [5.41, 5.74) is 3.19. The van der Waals surface area contributed by atoms with Gasteiger partial charge in [0.1, 0.15) is 0 Å². The second-order valence-corrected chi connectivity index (χ2v) is 6.47. The molecule has 21 heavy (non-hydrogen) atoms. The van der Waals surface area contributed by atoms with Gasteiger partial charge in [0.05, 0.1) is 12.9 Å². The average Bonchev–Trinajstić information content (AvgIpc) is 2.58. The zero-order valence-corrected chi connectivity index (χ0v) is 13.1. The van der Waals surface area contributed by atoms with Gasteiger partial charge in [-0.3, -0.25) is 0 Å². The van der Waals surface area contributed by atoms with Gasteiger partial charge in [0.2, 0.25) is 0 Å². The largest absolute Gasteiger partial charge is 0.501 e. The summed E-state index contributed by atoms with van der Waals surface area (Å²) in [5, 5.41) is 3.63. The molecule has 1 aliphatic carbocycles. The van der Waals surface area contributed by atoms with Crippen LogP contribution < -0.4 is 5.32 Å². The van der Waals surface area contributed by atoms with Crippen molar-refractivity contribution >= 4 is 0 Å². The number of hydrogen-bond acceptors (Lipinski definition) is 2. The molecule has 0 amide bonds. The summed E-state index contributed by atoms with van der Waals surface area (Å²) in [5.74, 6) is 0. The van der Waals surface area contributed by atoms with Crippen LogP contribution in [0.1, 0.15) is 50.5 Å². The fourth-order valence-electron chi connectivity index (χ4n) is 4.31. The van der Waals surface area contributed by atoms with Crippen LogP contribution in [0.3, 0.4) is 0 Å². The van der Waals surface area contributed by atoms with Crippen LogP contribution in [-0.4, -0.2) is 19.7 Å². The average molecular weight is 285 g/mol. The van der Waals surface area contributed by atoms with Gasteiger partial charge in [-0.25, -0.2) is 0 Å². The van der Waals surface area contributed by atoms with Gasteiger partial charge in [0.25, 0.3) is 0 Å². The van der Waals surface area contributed by atoms with Crippen molar-refractivity contribution in [2.45, 2.75) is 56.4 Å². The van der Waals surface area contributed by atoms with E-state index in [2.05, 4.69) is 42.7 Å². The van der Waals surface area contributed by atoms with Crippen LogP contribution >= 0.6 is 0 Å². The van der Waals surface area contributed by atoms with Crippen molar-refractivity contribution in [3.63, 3.8) is 0 Å². The number of benzene rings is 1. The maximum absolute atomic E-state index is 5.63. The van der Waals surface area contributed by atoms with Gasteiger partial charge in [-0.1, -0.05) is 49.6 Å². The van der Waals surface area contributed by atoms with E-state index in [0.717, 1.165) is 13.0 Å². The summed E-state index contributed by atoms with van der Waals surface area (Å²) in [6.45, 7) is 0.873. The molecule has 114 valence electrons. The van der Waals surface area contributed by atoms with E-state index >= 15 is 0 Å². The Morgan fingerprint density at radius 1 is 1.05 bits per heavy atom. The molecule has 0 saturated heterocycles. The second-order valence-electron chi connectivity index (χ2n) is 6.47. The van der Waals surface area contributed by atoms with Gasteiger partial charge >= 0.3 is 0 Å². The fraction of sp³-hybridized carbons (Fsp3) is 0.579. The second kappa shape index (κ2) is 6.65. The minimum atomic E-state index is 0.237. The number of nitrogens with one attached hydrogen (secondary N) is 1. The first-order chi connectivity index (χ1) is 10.4. The molecule has 1 aliphatic heterocycles. The maximum Gasteiger partial charge on any atom is 0.0876 e. The molecular formula is C19H27NO. The standard InChI is InChI=1S/C19H27NO/c1-20-18(16-9-8-14-21-15-16)19(12-6-3-7-13-19)17-10-4-2-5-11-17/h2,4-5,10-11,15,18,20H,3,6-9,12-14H2,1H3. The lowest BCUT2D eigenvalue weighted by Gasteiger charge is -2.45. The first-order valence-corrected chi connectivity index (χ1v) is 8.40. The van der Waals surface area contributed by atoms with Gasteiger partial charge in [-0.05, 0) is 43.9 Å². The van der Waals surface area contributed by atoms with Crippen molar-refractivity contribution in [1.82, 2.24) is 5.32 Å². The first-order valence-electron chi connectivity index (χ1n) is 8.40. The van der Waals surface area contributed by atoms with E-state index in [1.165, 1.54) is 49.7 Å². The number of likely N-dealkylation sites (N-methyl/N-ethyl adjacent to an activating group) is 1. The van der Waals surface area contributed by atoms with Crippen LogP contribution in [0, 0.1) is 0 Å². The molecule has 1 aromatic carbocycles. The molecule has 1 aromatic rings. The predicted octanol–water partition coefficient (Wildman–Crippen LogP) is 4.17. The molecule has 3 rings (SSSR count). The molecule has 1 unspecified atom stereocenters. The van der Waals surface area contributed by atoms with Gasteiger partial charge in [-0.15, -0.1) is 0 Å². The molecule has 1 N–H and O–H groups in total. The maximum atomic E-state index is 5.63. The Morgan fingerprint density at radius 2 is 1.81 bits per heavy atom. The molecule has 2 nitrogen and oxygen atoms in total. The lowest BCUT2D eigenvalue weighted by atomic mass is 9.63. The molecule has 1 fully saturated rings. The third-order valence-electron chi connectivity index (χ3n) is 5.27. The summed E-state index contributed by atoms with van der Waals surface area (Å²) < 4.78 is 5.63. The normalized spacial score (nSPS) is 23.0. The fourth-order valence-corrected chi connectivity index (χ4v) is 4.31. The zero-order chi connectivity index (χ0) is 14.5. The molecule has 0 radical (unpaired) electrons. The van der Waals surface area contributed by atoms with Crippen molar-refractivity contribution in [2.24, 2.45) is 0 Å². The number of rotatable bonds is 4. The van der Waals surface area contributed by atoms with Gasteiger partial charge in [0.15, 0.2) is 0 Å². The van der Waals surface area contributed by atoms with Gasteiger partial charge in [0, 0.05) is 11.5 Å². The first kappa shape index (κ1) is 14.6. The quantitative estimate of drug-likeness (QED) is 0.896. The Kier molecular flexibility index (Phi) is 4.64. The van der Waals surface area contributed by atoms with E-state index in [0.29, 0.717) is 6.04 Å². The SMILES string of the molecule is CNC(C1=COCCC1)C1(c2ccccc2)CCCCC1. The third kappa shape index (κ3) is 2.87. The molecule has 1 atom stereocenters. The highest BCUT2D eigenvalue weighted by Gasteiger charge is 2.42. The Morgan fingerprint density at radius 3 is 2.43 bits per heavy atom. The Bertz CT molecular complexity index is 474. The van der Waals surface area contributed by atoms with Crippen LogP contribution in [0.2, 0.25) is 0 Å². The lowest BCUT2D eigenvalue weighted by molar-refractivity contribution is 0.194. The minimum absolute atomic E-state index is 0.237. The molecular weight excluding hydrogens is 258 g/mol. The number of ether oxygens (including phenoxy) is 1. The Labute approximate surface area is 128 Å². The molecule has 0 spiro atoms. The van der Waals surface area contributed by atoms with Crippen molar-refractivity contribution in [2.75, 3.05) is 13.7 Å². The summed E-state index contributed by atoms with van der Waals surface area (Å²) in [4.78, 5) is 0. The van der Waals surface area contributed by atoms with Crippen molar-refractivity contribution in [3.8, 4) is 0 Å². The predicted molar refractivity (Wildman–Crippen MR) is 87.3 cm³/mol. The molecule has 2 heteroatoms. The zero-order valence-electron chi connectivity index (χ0n) is 13.1. The third-order valence-corrected chi connectivity index (χ3v) is 5.27. The highest BCUT2D eigenvalue weighted by atomic mass is 16.5.